The quantitative estimate of drug-likeness (QED) is 0.224. The maximum atomic E-state index is 10.4. The summed E-state index contributed by atoms with van der Waals surface area (Å²) in [6.07, 6.45) is 1.46. The fourth-order valence-corrected chi connectivity index (χ4v) is 5.62. The van der Waals surface area contributed by atoms with Crippen LogP contribution < -0.4 is 5.32 Å². The van der Waals surface area contributed by atoms with E-state index < -0.39 is 31.1 Å². The van der Waals surface area contributed by atoms with Crippen LogP contribution in [-0.2, 0) is 17.7 Å². The van der Waals surface area contributed by atoms with E-state index in [0.717, 1.165) is 22.0 Å². The number of imidazole rings is 1. The molecule has 0 saturated carbocycles. The number of para-hydroxylation sites is 1. The Morgan fingerprint density at radius 1 is 0.974 bits per heavy atom. The van der Waals surface area contributed by atoms with E-state index >= 15 is 0 Å². The summed E-state index contributed by atoms with van der Waals surface area (Å²) >= 11 is 12.9. The summed E-state index contributed by atoms with van der Waals surface area (Å²) < 4.78 is 9.34. The minimum Gasteiger partial charge on any atom is -0.394 e. The van der Waals surface area contributed by atoms with Gasteiger partial charge < -0.3 is 29.9 Å². The van der Waals surface area contributed by atoms with Crippen molar-refractivity contribution in [2.45, 2.75) is 37.5 Å². The number of rotatable bonds is 8. The molecule has 0 aliphatic carbocycles. The molecule has 0 amide bonds. The Kier molecular flexibility index (Phi) is 7.15. The van der Waals surface area contributed by atoms with Crippen molar-refractivity contribution in [1.82, 2.24) is 24.1 Å². The van der Waals surface area contributed by atoms with Crippen molar-refractivity contribution >= 4 is 51.1 Å². The van der Waals surface area contributed by atoms with Gasteiger partial charge in [0.25, 0.3) is 0 Å². The van der Waals surface area contributed by atoms with Crippen molar-refractivity contribution < 1.29 is 20.1 Å². The van der Waals surface area contributed by atoms with Gasteiger partial charge >= 0.3 is 0 Å². The van der Waals surface area contributed by atoms with Gasteiger partial charge in [-0.2, -0.15) is 0 Å². The average molecular weight is 569 g/mol. The first-order chi connectivity index (χ1) is 19.0. The number of ether oxygens (including phenoxy) is 1. The fourth-order valence-electron chi connectivity index (χ4n) is 5.10. The highest BCUT2D eigenvalue weighted by Gasteiger charge is 2.44. The summed E-state index contributed by atoms with van der Waals surface area (Å²) in [6, 6.07) is 13.7. The number of benzene rings is 2. The molecular weight excluding hydrogens is 543 g/mol. The number of fused-ring (bicyclic) bond motifs is 2. The standard InChI is InChI=1S/C27H26Cl2N6O4/c28-18-5-3-6-19(29)17(18)11-34-10-15(16-4-1-2-7-20(16)34)8-9-30-25-22-26(32-13-31-25)35(14-33-22)27-24(38)23(37)21(12-36)39-27/h1-7,10,13-14,21,23-24,27,36-38H,8-9,11-12H2,(H,30,31,32)/t21-,23?,24?,27-/m1/s1. The Hall–Kier alpha value is -3.25. The van der Waals surface area contributed by atoms with Gasteiger partial charge in [0.1, 0.15) is 24.6 Å². The second kappa shape index (κ2) is 10.7. The smallest absolute Gasteiger partial charge is 0.167 e. The maximum Gasteiger partial charge on any atom is 0.167 e. The predicted octanol–water partition coefficient (Wildman–Crippen LogP) is 3.40. The van der Waals surface area contributed by atoms with E-state index in [1.807, 2.05) is 30.3 Å². The summed E-state index contributed by atoms with van der Waals surface area (Å²) in [7, 11) is 0. The zero-order valence-electron chi connectivity index (χ0n) is 20.7. The first-order valence-electron chi connectivity index (χ1n) is 12.5. The summed E-state index contributed by atoms with van der Waals surface area (Å²) in [5.41, 5.74) is 4.06. The van der Waals surface area contributed by atoms with Crippen LogP contribution in [0.4, 0.5) is 5.82 Å². The summed E-state index contributed by atoms with van der Waals surface area (Å²) in [5.74, 6) is 0.539. The summed E-state index contributed by atoms with van der Waals surface area (Å²) in [4.78, 5) is 13.1. The Labute approximate surface area is 233 Å². The average Bonchev–Trinajstić information content (AvgIpc) is 3.61. The Morgan fingerprint density at radius 3 is 2.54 bits per heavy atom. The molecule has 1 aliphatic heterocycles. The van der Waals surface area contributed by atoms with Crippen LogP contribution in [0.25, 0.3) is 22.1 Å². The van der Waals surface area contributed by atoms with E-state index in [0.29, 0.717) is 46.5 Å². The van der Waals surface area contributed by atoms with E-state index in [9.17, 15) is 15.3 Å². The molecule has 10 nitrogen and oxygen atoms in total. The highest BCUT2D eigenvalue weighted by Crippen LogP contribution is 2.32. The SMILES string of the molecule is OC[C@H]1O[C@@H](n2cnc3c(NCCc4cn(Cc5c(Cl)cccc5Cl)c5ccccc45)ncnc32)C(O)C1O. The molecule has 4 atom stereocenters. The fraction of sp³-hybridized carbons (Fsp3) is 0.296. The number of anilines is 1. The van der Waals surface area contributed by atoms with Crippen LogP contribution in [0.3, 0.4) is 0 Å². The Morgan fingerprint density at radius 2 is 1.77 bits per heavy atom. The third kappa shape index (κ3) is 4.73. The number of hydrogen-bond acceptors (Lipinski definition) is 8. The Bertz CT molecular complexity index is 1620. The second-order valence-electron chi connectivity index (χ2n) is 9.45. The molecule has 5 aromatic rings. The van der Waals surface area contributed by atoms with Gasteiger partial charge in [-0.3, -0.25) is 4.57 Å². The first kappa shape index (κ1) is 26.0. The zero-order valence-corrected chi connectivity index (χ0v) is 22.2. The minimum atomic E-state index is -1.23. The highest BCUT2D eigenvalue weighted by atomic mass is 35.5. The lowest BCUT2D eigenvalue weighted by Crippen LogP contribution is -2.33. The molecular formula is C27H26Cl2N6O4. The normalized spacial score (nSPS) is 21.3. The molecule has 202 valence electrons. The maximum absolute atomic E-state index is 10.4. The van der Waals surface area contributed by atoms with E-state index in [4.69, 9.17) is 27.9 Å². The van der Waals surface area contributed by atoms with Crippen LogP contribution in [0.2, 0.25) is 10.0 Å². The molecule has 39 heavy (non-hydrogen) atoms. The van der Waals surface area contributed by atoms with Crippen LogP contribution in [-0.4, -0.2) is 70.9 Å². The third-order valence-corrected chi connectivity index (χ3v) is 7.81. The number of nitrogens with one attached hydrogen (secondary N) is 1. The van der Waals surface area contributed by atoms with Crippen molar-refractivity contribution in [3.63, 3.8) is 0 Å². The molecule has 4 heterocycles. The van der Waals surface area contributed by atoms with Crippen LogP contribution in [0.5, 0.6) is 0 Å². The van der Waals surface area contributed by atoms with Crippen molar-refractivity contribution in [1.29, 1.82) is 0 Å². The van der Waals surface area contributed by atoms with Crippen LogP contribution >= 0.6 is 23.2 Å². The molecule has 3 aromatic heterocycles. The lowest BCUT2D eigenvalue weighted by Gasteiger charge is -2.16. The largest absolute Gasteiger partial charge is 0.394 e. The minimum absolute atomic E-state index is 0.412. The molecule has 1 aliphatic rings. The van der Waals surface area contributed by atoms with Crippen molar-refractivity contribution in [3.05, 3.63) is 82.5 Å². The van der Waals surface area contributed by atoms with Crippen LogP contribution in [0, 0.1) is 0 Å². The number of aliphatic hydroxyl groups is 3. The molecule has 2 unspecified atom stereocenters. The van der Waals surface area contributed by atoms with Gasteiger partial charge in [0.05, 0.1) is 19.5 Å². The lowest BCUT2D eigenvalue weighted by molar-refractivity contribution is -0.0511. The van der Waals surface area contributed by atoms with Gasteiger partial charge in [0, 0.05) is 39.3 Å². The van der Waals surface area contributed by atoms with E-state index in [2.05, 4.69) is 43.2 Å². The molecule has 1 fully saturated rings. The Balaban J connectivity index is 1.22. The highest BCUT2D eigenvalue weighted by molar-refractivity contribution is 6.36. The monoisotopic (exact) mass is 568 g/mol. The van der Waals surface area contributed by atoms with Gasteiger partial charge in [-0.25, -0.2) is 15.0 Å². The summed E-state index contributed by atoms with van der Waals surface area (Å²) in [6.45, 7) is 0.718. The lowest BCUT2D eigenvalue weighted by atomic mass is 10.1. The second-order valence-corrected chi connectivity index (χ2v) is 10.3. The third-order valence-electron chi connectivity index (χ3n) is 7.10. The number of aromatic nitrogens is 5. The molecule has 6 rings (SSSR count). The topological polar surface area (TPSA) is 130 Å². The van der Waals surface area contributed by atoms with Gasteiger partial charge in [-0.05, 0) is 30.2 Å². The number of aliphatic hydroxyl groups excluding tert-OH is 3. The molecule has 0 bridgehead atoms. The first-order valence-corrected chi connectivity index (χ1v) is 13.3. The molecule has 0 radical (unpaired) electrons. The molecule has 4 N–H and O–H groups in total. The van der Waals surface area contributed by atoms with Crippen LogP contribution in [0.1, 0.15) is 17.4 Å². The molecule has 0 spiro atoms. The van der Waals surface area contributed by atoms with Gasteiger partial charge in [-0.1, -0.05) is 47.5 Å². The molecule has 2 aromatic carbocycles. The molecule has 12 heteroatoms. The van der Waals surface area contributed by atoms with Crippen molar-refractivity contribution in [2.75, 3.05) is 18.5 Å². The van der Waals surface area contributed by atoms with E-state index in [1.165, 1.54) is 12.7 Å². The van der Waals surface area contributed by atoms with Crippen LogP contribution in [0.15, 0.2) is 61.3 Å². The zero-order chi connectivity index (χ0) is 27.1. The van der Waals surface area contributed by atoms with Crippen molar-refractivity contribution in [2.24, 2.45) is 0 Å². The number of halogens is 2. The van der Waals surface area contributed by atoms with Gasteiger partial charge in [0.2, 0.25) is 0 Å². The summed E-state index contributed by atoms with van der Waals surface area (Å²) in [5, 5.41) is 35.7. The number of hydrogen-bond donors (Lipinski definition) is 4. The van der Waals surface area contributed by atoms with Crippen molar-refractivity contribution in [3.8, 4) is 0 Å². The predicted molar refractivity (Wildman–Crippen MR) is 148 cm³/mol. The number of nitrogens with zero attached hydrogens (tertiary/aromatic N) is 5. The molecule has 1 saturated heterocycles. The van der Waals surface area contributed by atoms with E-state index in [1.54, 1.807) is 4.57 Å². The van der Waals surface area contributed by atoms with Gasteiger partial charge in [-0.15, -0.1) is 0 Å². The van der Waals surface area contributed by atoms with Gasteiger partial charge in [0.15, 0.2) is 23.2 Å². The van der Waals surface area contributed by atoms with E-state index in [-0.39, 0.29) is 0 Å².